The Morgan fingerprint density at radius 1 is 0.711 bits per heavy atom. The first-order valence-corrected chi connectivity index (χ1v) is 15.6. The zero-order valence-electron chi connectivity index (χ0n) is 20.0. The quantitative estimate of drug-likeness (QED) is 0.232. The van der Waals surface area contributed by atoms with Gasteiger partial charge in [0.15, 0.2) is 7.26 Å². The predicted octanol–water partition coefficient (Wildman–Crippen LogP) is 1.27. The number of halogens is 2. The molecule has 1 N–H and O–H groups in total. The maximum absolute atomic E-state index is 11.9. The predicted molar refractivity (Wildman–Crippen MR) is 145 cm³/mol. The first-order chi connectivity index (χ1) is 18.3. The van der Waals surface area contributed by atoms with Gasteiger partial charge in [-0.25, -0.2) is 18.6 Å². The Morgan fingerprint density at radius 2 is 1.05 bits per heavy atom. The molecule has 4 aromatic rings. The fraction of sp³-hybridized carbons (Fsp3) is 0.0357. The van der Waals surface area contributed by atoms with Crippen molar-refractivity contribution in [3.05, 3.63) is 137 Å². The van der Waals surface area contributed by atoms with E-state index in [1.54, 1.807) is 0 Å². The Labute approximate surface area is 233 Å². The summed E-state index contributed by atoms with van der Waals surface area (Å²) < 4.78 is 34.6. The first-order valence-electron chi connectivity index (χ1n) is 11.2. The van der Waals surface area contributed by atoms with Crippen molar-refractivity contribution < 1.29 is 33.7 Å². The van der Waals surface area contributed by atoms with E-state index in [1.807, 2.05) is 72.8 Å². The minimum absolute atomic E-state index is 0.593. The number of carbonyl (C=O) groups is 1. The number of hydrogen-bond donors (Lipinski definition) is 1. The van der Waals surface area contributed by atoms with Crippen LogP contribution in [0.5, 0.6) is 0 Å². The molecule has 0 aliphatic rings. The van der Waals surface area contributed by atoms with Crippen LogP contribution in [-0.4, -0.2) is 6.41 Å². The molecule has 6 nitrogen and oxygen atoms in total. The molecule has 4 aromatic carbocycles. The van der Waals surface area contributed by atoms with Gasteiger partial charge in [-0.3, -0.25) is 10.1 Å². The zero-order valence-corrected chi connectivity index (χ0v) is 23.2. The summed E-state index contributed by atoms with van der Waals surface area (Å²) in [5.74, 6) is 0.710. The second kappa shape index (κ2) is 14.4. The molecule has 0 aliphatic carbocycles. The molecule has 1 amide bonds. The van der Waals surface area contributed by atoms with Gasteiger partial charge in [-0.1, -0.05) is 96.5 Å². The molecule has 0 aliphatic heterocycles. The maximum Gasteiger partial charge on any atom is 0.214 e. The number of rotatable bonds is 9. The second-order valence-electron chi connectivity index (χ2n) is 7.71. The number of nitrogens with one attached hydrogen (secondary N) is 1. The topological polar surface area (TPSA) is 121 Å². The van der Waals surface area contributed by atoms with Gasteiger partial charge in [-0.2, -0.15) is 0 Å². The lowest BCUT2D eigenvalue weighted by Gasteiger charge is -2.29. The molecule has 0 saturated carbocycles. The molecule has 0 unspecified atom stereocenters. The van der Waals surface area contributed by atoms with E-state index in [1.165, 1.54) is 17.3 Å². The van der Waals surface area contributed by atoms with E-state index in [2.05, 4.69) is 53.8 Å². The van der Waals surface area contributed by atoms with Crippen molar-refractivity contribution in [3.63, 3.8) is 0 Å². The molecule has 0 saturated heterocycles. The SMILES string of the molecule is O=CN/C(=C(/Cl)SCc1ccccc1)[P+](c1ccccc1)(c1ccccc1)c1ccccc1.[O-][Cl+3]([O-])([O-])[O-]. The Hall–Kier alpha value is -2.71. The first kappa shape index (κ1) is 29.8. The van der Waals surface area contributed by atoms with E-state index in [9.17, 15) is 4.79 Å². The van der Waals surface area contributed by atoms with Crippen LogP contribution in [0.25, 0.3) is 0 Å². The van der Waals surface area contributed by atoms with E-state index >= 15 is 0 Å². The van der Waals surface area contributed by atoms with Crippen LogP contribution in [0.2, 0.25) is 0 Å². The molecular formula is C28H24Cl2NO5PS. The van der Waals surface area contributed by atoms with Crippen LogP contribution in [0, 0.1) is 10.2 Å². The minimum Gasteiger partial charge on any atom is -0.297 e. The van der Waals surface area contributed by atoms with Crippen molar-refractivity contribution in [2.75, 3.05) is 0 Å². The van der Waals surface area contributed by atoms with E-state index < -0.39 is 17.5 Å². The van der Waals surface area contributed by atoms with Crippen LogP contribution in [0.15, 0.2) is 131 Å². The van der Waals surface area contributed by atoms with Crippen molar-refractivity contribution >= 4 is 52.9 Å². The van der Waals surface area contributed by atoms with Crippen molar-refractivity contribution in [2.45, 2.75) is 5.75 Å². The second-order valence-corrected chi connectivity index (χ2v) is 13.4. The summed E-state index contributed by atoms with van der Waals surface area (Å²) in [5.41, 5.74) is 1.93. The standard InChI is InChI=1S/C28H23ClNOPS.ClHO4/c29-27(33-21-23-13-5-1-6-14-23)28(30-22-31)32(24-15-7-2-8-16-24,25-17-9-3-10-18-25)26-19-11-4-12-20-26;2-1(3,4)5/h1-20,22H,21H2;(H,2,3,4,5)/b28-27+;. The van der Waals surface area contributed by atoms with Crippen molar-refractivity contribution in [3.8, 4) is 0 Å². The maximum atomic E-state index is 11.9. The average Bonchev–Trinajstić information content (AvgIpc) is 2.93. The van der Waals surface area contributed by atoms with E-state index in [0.717, 1.165) is 27.8 Å². The number of benzene rings is 4. The molecule has 0 aromatic heterocycles. The number of carbonyl (C=O) groups excluding carboxylic acids is 1. The molecule has 196 valence electrons. The third-order valence-corrected chi connectivity index (χ3v) is 11.3. The number of amides is 1. The van der Waals surface area contributed by atoms with Crippen LogP contribution >= 0.6 is 30.6 Å². The van der Waals surface area contributed by atoms with Gasteiger partial charge < -0.3 is 0 Å². The Morgan fingerprint density at radius 3 is 1.39 bits per heavy atom. The highest BCUT2D eigenvalue weighted by atomic mass is 35.7. The van der Waals surface area contributed by atoms with Crippen LogP contribution in [0.1, 0.15) is 5.56 Å². The lowest BCUT2D eigenvalue weighted by Crippen LogP contribution is -2.68. The molecule has 0 atom stereocenters. The van der Waals surface area contributed by atoms with Gasteiger partial charge in [0.25, 0.3) is 0 Å². The third kappa shape index (κ3) is 8.14. The van der Waals surface area contributed by atoms with Crippen molar-refractivity contribution in [1.82, 2.24) is 5.32 Å². The van der Waals surface area contributed by atoms with Gasteiger partial charge in [-0.15, -0.1) is 22.0 Å². The summed E-state index contributed by atoms with van der Waals surface area (Å²) in [6.45, 7) is 0. The summed E-state index contributed by atoms with van der Waals surface area (Å²) in [6.07, 6.45) is 0.740. The van der Waals surface area contributed by atoms with Gasteiger partial charge in [-0.05, 0) is 42.0 Å². The number of thioether (sulfide) groups is 1. The van der Waals surface area contributed by atoms with Crippen molar-refractivity contribution in [1.29, 1.82) is 0 Å². The molecule has 0 heterocycles. The Bertz CT molecular complexity index is 1210. The van der Waals surface area contributed by atoms with E-state index in [-0.39, 0.29) is 0 Å². The molecule has 38 heavy (non-hydrogen) atoms. The highest BCUT2D eigenvalue weighted by Gasteiger charge is 2.51. The normalized spacial score (nSPS) is 12.0. The molecule has 0 spiro atoms. The molecule has 10 heteroatoms. The smallest absolute Gasteiger partial charge is 0.214 e. The van der Waals surface area contributed by atoms with Gasteiger partial charge in [0.1, 0.15) is 20.3 Å². The summed E-state index contributed by atoms with van der Waals surface area (Å²) in [4.78, 5) is 11.9. The van der Waals surface area contributed by atoms with E-state index in [4.69, 9.17) is 30.2 Å². The van der Waals surface area contributed by atoms with Crippen LogP contribution < -0.4 is 39.9 Å². The lowest BCUT2D eigenvalue weighted by molar-refractivity contribution is -2.00. The fourth-order valence-corrected chi connectivity index (χ4v) is 9.84. The summed E-state index contributed by atoms with van der Waals surface area (Å²) >= 11 is 8.60. The summed E-state index contributed by atoms with van der Waals surface area (Å²) in [5, 5.41) is 6.44. The van der Waals surface area contributed by atoms with Gasteiger partial charge in [0.2, 0.25) is 11.8 Å². The average molecular weight is 588 g/mol. The van der Waals surface area contributed by atoms with Gasteiger partial charge >= 0.3 is 0 Å². The van der Waals surface area contributed by atoms with E-state index in [0.29, 0.717) is 10.1 Å². The van der Waals surface area contributed by atoms with Crippen LogP contribution in [-0.2, 0) is 10.5 Å². The number of hydrogen-bond acceptors (Lipinski definition) is 6. The summed E-state index contributed by atoms with van der Waals surface area (Å²) in [6, 6.07) is 41.3. The Balaban J connectivity index is 0.000000732. The molecule has 0 fully saturated rings. The van der Waals surface area contributed by atoms with Crippen LogP contribution in [0.4, 0.5) is 0 Å². The Kier molecular flexibility index (Phi) is 11.3. The van der Waals surface area contributed by atoms with Gasteiger partial charge in [0.05, 0.1) is 0 Å². The monoisotopic (exact) mass is 587 g/mol. The summed E-state index contributed by atoms with van der Waals surface area (Å²) in [7, 11) is -7.42. The van der Waals surface area contributed by atoms with Crippen LogP contribution in [0.3, 0.4) is 0 Å². The zero-order chi connectivity index (χ0) is 27.4. The molecular weight excluding hydrogens is 564 g/mol. The highest BCUT2D eigenvalue weighted by Crippen LogP contribution is 2.63. The lowest BCUT2D eigenvalue weighted by atomic mass is 10.2. The molecule has 0 bridgehead atoms. The molecule has 0 radical (unpaired) electrons. The minimum atomic E-state index is -4.94. The molecule has 4 rings (SSSR count). The fourth-order valence-electron chi connectivity index (χ4n) is 3.92. The third-order valence-electron chi connectivity index (χ3n) is 5.36. The largest absolute Gasteiger partial charge is 0.297 e. The van der Waals surface area contributed by atoms with Gasteiger partial charge in [0, 0.05) is 5.75 Å². The highest BCUT2D eigenvalue weighted by molar-refractivity contribution is 8.05. The van der Waals surface area contributed by atoms with Crippen molar-refractivity contribution in [2.24, 2.45) is 0 Å².